The van der Waals surface area contributed by atoms with Gasteiger partial charge < -0.3 is 20.3 Å². The highest BCUT2D eigenvalue weighted by atomic mass is 16.5. The first kappa shape index (κ1) is 72.3. The summed E-state index contributed by atoms with van der Waals surface area (Å²) in [6, 6.07) is -0.624. The van der Waals surface area contributed by atoms with E-state index in [1.165, 1.54) is 308 Å². The molecular weight excluding hydrogens is 911 g/mol. The van der Waals surface area contributed by atoms with Crippen molar-refractivity contribution < 1.29 is 24.5 Å². The van der Waals surface area contributed by atoms with Gasteiger partial charge in [-0.2, -0.15) is 0 Å². The van der Waals surface area contributed by atoms with Gasteiger partial charge in [-0.15, -0.1) is 0 Å². The van der Waals surface area contributed by atoms with Crippen molar-refractivity contribution in [3.8, 4) is 0 Å². The van der Waals surface area contributed by atoms with E-state index < -0.39 is 12.1 Å². The van der Waals surface area contributed by atoms with Gasteiger partial charge in [-0.05, 0) is 57.8 Å². The molecule has 0 aromatic rings. The summed E-state index contributed by atoms with van der Waals surface area (Å²) >= 11 is 0. The van der Waals surface area contributed by atoms with Crippen molar-refractivity contribution >= 4 is 11.9 Å². The Morgan fingerprint density at radius 1 is 0.365 bits per heavy atom. The van der Waals surface area contributed by atoms with Crippen LogP contribution in [0.4, 0.5) is 0 Å². The van der Waals surface area contributed by atoms with E-state index in [4.69, 9.17) is 4.74 Å². The number of nitrogens with one attached hydrogen (secondary N) is 1. The Morgan fingerprint density at radius 3 is 0.959 bits per heavy atom. The van der Waals surface area contributed by atoms with Crippen LogP contribution in [0, 0.1) is 0 Å². The number of carbonyl (C=O) groups is 2. The van der Waals surface area contributed by atoms with E-state index in [2.05, 4.69) is 31.3 Å². The van der Waals surface area contributed by atoms with Crippen LogP contribution in [0.25, 0.3) is 0 Å². The highest BCUT2D eigenvalue weighted by Crippen LogP contribution is 2.18. The largest absolute Gasteiger partial charge is 0.466 e. The predicted molar refractivity (Wildman–Crippen MR) is 324 cm³/mol. The van der Waals surface area contributed by atoms with Gasteiger partial charge in [0.1, 0.15) is 0 Å². The first-order valence-electron chi connectivity index (χ1n) is 33.6. The molecule has 0 bridgehead atoms. The molecule has 1 amide bonds. The molecule has 0 fully saturated rings. The zero-order chi connectivity index (χ0) is 53.6. The first-order valence-corrected chi connectivity index (χ1v) is 33.6. The van der Waals surface area contributed by atoms with Gasteiger partial charge in [0, 0.05) is 12.8 Å². The highest BCUT2D eigenvalue weighted by molar-refractivity contribution is 5.76. The fraction of sp³-hybridized carbons (Fsp3) is 0.912. The Kier molecular flexibility index (Phi) is 62.4. The Balaban J connectivity index is 3.34. The molecule has 6 nitrogen and oxygen atoms in total. The molecule has 0 saturated heterocycles. The molecule has 3 N–H and O–H groups in total. The Morgan fingerprint density at radius 2 is 0.635 bits per heavy atom. The van der Waals surface area contributed by atoms with Gasteiger partial charge in [0.25, 0.3) is 0 Å². The third-order valence-corrected chi connectivity index (χ3v) is 15.7. The quantitative estimate of drug-likeness (QED) is 0.0320. The van der Waals surface area contributed by atoms with Gasteiger partial charge in [0.2, 0.25) is 5.91 Å². The second-order valence-corrected chi connectivity index (χ2v) is 23.2. The van der Waals surface area contributed by atoms with Gasteiger partial charge in [0.05, 0.1) is 25.4 Å². The molecule has 0 rings (SSSR count). The number of allylic oxidation sites excluding steroid dienone is 3. The molecule has 0 aliphatic carbocycles. The molecule has 0 radical (unpaired) electrons. The van der Waals surface area contributed by atoms with Crippen LogP contribution in [0.15, 0.2) is 24.3 Å². The predicted octanol–water partition coefficient (Wildman–Crippen LogP) is 21.4. The van der Waals surface area contributed by atoms with E-state index in [9.17, 15) is 19.8 Å². The van der Waals surface area contributed by atoms with Crippen molar-refractivity contribution in [3.63, 3.8) is 0 Å². The summed E-state index contributed by atoms with van der Waals surface area (Å²) in [6.07, 6.45) is 79.7. The number of amides is 1. The summed E-state index contributed by atoms with van der Waals surface area (Å²) in [4.78, 5) is 24.5. The van der Waals surface area contributed by atoms with Crippen molar-refractivity contribution in [2.75, 3.05) is 13.2 Å². The Labute approximate surface area is 462 Å². The van der Waals surface area contributed by atoms with Crippen molar-refractivity contribution in [2.24, 2.45) is 0 Å². The number of aliphatic hydroxyl groups is 2. The molecule has 0 heterocycles. The van der Waals surface area contributed by atoms with Crippen LogP contribution in [0.5, 0.6) is 0 Å². The van der Waals surface area contributed by atoms with Crippen LogP contribution < -0.4 is 5.32 Å². The van der Waals surface area contributed by atoms with E-state index >= 15 is 0 Å². The zero-order valence-electron chi connectivity index (χ0n) is 50.1. The molecule has 0 saturated carbocycles. The van der Waals surface area contributed by atoms with Gasteiger partial charge in [-0.25, -0.2) is 0 Å². The first-order chi connectivity index (χ1) is 36.5. The van der Waals surface area contributed by atoms with Crippen LogP contribution in [-0.2, 0) is 14.3 Å². The third-order valence-electron chi connectivity index (χ3n) is 15.7. The summed E-state index contributed by atoms with van der Waals surface area (Å²) in [5, 5.41) is 23.0. The SMILES string of the molecule is CCCCCCCCCCC/C=C/C(O)C(CO)NC(=O)CCCCCCCCCCCCCCCCC/C=C\CCCCCCCCCCCCCCOC(=O)CCCCCCCCCCCCCCCCC. The fourth-order valence-corrected chi connectivity index (χ4v) is 10.6. The monoisotopic (exact) mass is 1040 g/mol. The van der Waals surface area contributed by atoms with E-state index in [0.29, 0.717) is 19.4 Å². The molecule has 0 aliphatic heterocycles. The van der Waals surface area contributed by atoms with Gasteiger partial charge in [0.15, 0.2) is 0 Å². The molecule has 2 atom stereocenters. The van der Waals surface area contributed by atoms with Crippen LogP contribution in [0.3, 0.4) is 0 Å². The van der Waals surface area contributed by atoms with E-state index in [1.807, 2.05) is 6.08 Å². The molecule has 0 aliphatic rings. The van der Waals surface area contributed by atoms with E-state index in [-0.39, 0.29) is 18.5 Å². The second kappa shape index (κ2) is 63.9. The minimum atomic E-state index is -0.841. The molecule has 0 aromatic heterocycles. The fourth-order valence-electron chi connectivity index (χ4n) is 10.6. The third kappa shape index (κ3) is 59.6. The van der Waals surface area contributed by atoms with Crippen LogP contribution >= 0.6 is 0 Å². The standard InChI is InChI=1S/C68H131NO5/c1-3-5-7-9-11-13-15-16-34-38-42-46-50-54-58-62-68(73)74-63-59-55-51-47-43-39-36-33-31-29-27-25-23-21-19-17-18-20-22-24-26-28-30-32-35-37-41-45-49-53-57-61-67(72)69-65(64-70)66(71)60-56-52-48-44-40-14-12-10-8-6-4-2/h19,21,56,60,65-66,70-71H,3-18,20,22-55,57-59,61-64H2,1-2H3,(H,69,72)/b21-19-,60-56+. The normalized spacial score (nSPS) is 12.6. The lowest BCUT2D eigenvalue weighted by Crippen LogP contribution is -2.45. The minimum Gasteiger partial charge on any atom is -0.466 e. The lowest BCUT2D eigenvalue weighted by atomic mass is 10.0. The number of esters is 1. The summed E-state index contributed by atoms with van der Waals surface area (Å²) < 4.78 is 5.50. The number of ether oxygens (including phenoxy) is 1. The maximum absolute atomic E-state index is 12.4. The second-order valence-electron chi connectivity index (χ2n) is 23.2. The van der Waals surface area contributed by atoms with Crippen molar-refractivity contribution in [3.05, 3.63) is 24.3 Å². The average molecular weight is 1040 g/mol. The molecule has 0 spiro atoms. The minimum absolute atomic E-state index is 0.0207. The number of carbonyl (C=O) groups excluding carboxylic acids is 2. The summed E-state index contributed by atoms with van der Waals surface area (Å²) in [6.45, 7) is 4.92. The van der Waals surface area contributed by atoms with Crippen LogP contribution in [0.2, 0.25) is 0 Å². The number of unbranched alkanes of at least 4 members (excludes halogenated alkanes) is 50. The van der Waals surface area contributed by atoms with Crippen LogP contribution in [0.1, 0.15) is 373 Å². The van der Waals surface area contributed by atoms with Gasteiger partial charge in [-0.3, -0.25) is 9.59 Å². The lowest BCUT2D eigenvalue weighted by Gasteiger charge is -2.20. The maximum atomic E-state index is 12.4. The lowest BCUT2D eigenvalue weighted by molar-refractivity contribution is -0.143. The molecule has 2 unspecified atom stereocenters. The molecular formula is C68H131NO5. The smallest absolute Gasteiger partial charge is 0.305 e. The average Bonchev–Trinajstić information content (AvgIpc) is 3.40. The highest BCUT2D eigenvalue weighted by Gasteiger charge is 2.18. The number of aliphatic hydroxyl groups excluding tert-OH is 2. The Bertz CT molecular complexity index is 1150. The zero-order valence-corrected chi connectivity index (χ0v) is 50.1. The summed E-state index contributed by atoms with van der Waals surface area (Å²) in [5.41, 5.74) is 0. The summed E-state index contributed by atoms with van der Waals surface area (Å²) in [7, 11) is 0. The van der Waals surface area contributed by atoms with E-state index in [0.717, 1.165) is 38.5 Å². The van der Waals surface area contributed by atoms with E-state index in [1.54, 1.807) is 6.08 Å². The summed E-state index contributed by atoms with van der Waals surface area (Å²) in [5.74, 6) is -0.0450. The Hall–Kier alpha value is -1.66. The molecule has 74 heavy (non-hydrogen) atoms. The number of hydrogen-bond donors (Lipinski definition) is 3. The number of rotatable bonds is 63. The van der Waals surface area contributed by atoms with Crippen LogP contribution in [-0.4, -0.2) is 47.4 Å². The van der Waals surface area contributed by atoms with Crippen molar-refractivity contribution in [2.45, 2.75) is 386 Å². The molecule has 6 heteroatoms. The number of hydrogen-bond acceptors (Lipinski definition) is 5. The van der Waals surface area contributed by atoms with Gasteiger partial charge in [-0.1, -0.05) is 327 Å². The molecule has 438 valence electrons. The maximum Gasteiger partial charge on any atom is 0.305 e. The van der Waals surface area contributed by atoms with Gasteiger partial charge >= 0.3 is 5.97 Å². The van der Waals surface area contributed by atoms with Crippen molar-refractivity contribution in [1.29, 1.82) is 0 Å². The topological polar surface area (TPSA) is 95.9 Å². The molecule has 0 aromatic carbocycles. The van der Waals surface area contributed by atoms with Crippen molar-refractivity contribution in [1.82, 2.24) is 5.32 Å².